The first-order valence-electron chi connectivity index (χ1n) is 18.1. The molecule has 0 atom stereocenters. The molecule has 5 heterocycles. The first-order valence-corrected chi connectivity index (χ1v) is 18.1. The summed E-state index contributed by atoms with van der Waals surface area (Å²) in [6, 6.07) is 59.5. The Morgan fingerprint density at radius 3 is 1.25 bits per heavy atom. The van der Waals surface area contributed by atoms with E-state index < -0.39 is 0 Å². The van der Waals surface area contributed by atoms with E-state index in [4.69, 9.17) is 29.9 Å². The summed E-state index contributed by atoms with van der Waals surface area (Å²) in [5.41, 5.74) is 11.0. The molecule has 0 spiro atoms. The lowest BCUT2D eigenvalue weighted by atomic mass is 10.0. The van der Waals surface area contributed by atoms with E-state index >= 15 is 0 Å². The first kappa shape index (κ1) is 32.0. The summed E-state index contributed by atoms with van der Waals surface area (Å²) in [5, 5.41) is 2.43. The summed E-state index contributed by atoms with van der Waals surface area (Å²) in [4.78, 5) is 29.6. The topological polar surface area (TPSA) is 82.3 Å². The number of rotatable bonds is 7. The molecule has 5 aromatic carbocycles. The highest BCUT2D eigenvalue weighted by molar-refractivity contribution is 6.09. The number of hydrogen-bond donors (Lipinski definition) is 0. The van der Waals surface area contributed by atoms with Crippen LogP contribution in [0.4, 0.5) is 0 Å². The number of benzene rings is 5. The lowest BCUT2D eigenvalue weighted by molar-refractivity contribution is 1.07. The maximum Gasteiger partial charge on any atom is 0.165 e. The number of pyridine rings is 3. The molecule has 0 aliphatic rings. The average molecular weight is 706 g/mol. The maximum atomic E-state index is 5.13. The van der Waals surface area contributed by atoms with Gasteiger partial charge in [0.05, 0.1) is 45.7 Å². The summed E-state index contributed by atoms with van der Waals surface area (Å²) < 4.78 is 2.27. The molecular formula is C48H31N7. The fourth-order valence-electron chi connectivity index (χ4n) is 7.08. The van der Waals surface area contributed by atoms with Crippen molar-refractivity contribution in [3.8, 4) is 73.8 Å². The van der Waals surface area contributed by atoms with Crippen molar-refractivity contribution in [1.82, 2.24) is 34.5 Å². The molecule has 0 radical (unpaired) electrons. The fraction of sp³-hybridized carbons (Fsp3) is 0. The Labute approximate surface area is 317 Å². The molecule has 0 fully saturated rings. The van der Waals surface area contributed by atoms with Crippen molar-refractivity contribution < 1.29 is 0 Å². The minimum absolute atomic E-state index is 0.547. The van der Waals surface area contributed by atoms with Gasteiger partial charge in [0, 0.05) is 33.7 Å². The maximum absolute atomic E-state index is 5.13. The lowest BCUT2D eigenvalue weighted by Crippen LogP contribution is -2.00. The van der Waals surface area contributed by atoms with Gasteiger partial charge in [0.25, 0.3) is 0 Å². The minimum Gasteiger partial charge on any atom is -0.308 e. The molecule has 258 valence electrons. The van der Waals surface area contributed by atoms with Gasteiger partial charge in [-0.2, -0.15) is 0 Å². The smallest absolute Gasteiger partial charge is 0.165 e. The second-order valence-electron chi connectivity index (χ2n) is 13.2. The monoisotopic (exact) mass is 705 g/mol. The Morgan fingerprint density at radius 2 is 0.764 bits per heavy atom. The predicted molar refractivity (Wildman–Crippen MR) is 220 cm³/mol. The highest BCUT2D eigenvalue weighted by Crippen LogP contribution is 2.34. The van der Waals surface area contributed by atoms with Crippen LogP contribution in [0.2, 0.25) is 0 Å². The molecule has 0 aliphatic carbocycles. The van der Waals surface area contributed by atoms with Crippen LogP contribution < -0.4 is 0 Å². The van der Waals surface area contributed by atoms with Crippen LogP contribution in [0.5, 0.6) is 0 Å². The summed E-state index contributed by atoms with van der Waals surface area (Å²) in [6.07, 6.45) is 3.74. The van der Waals surface area contributed by atoms with Crippen LogP contribution in [0.3, 0.4) is 0 Å². The first-order chi connectivity index (χ1) is 27.2. The number of para-hydroxylation sites is 2. The third-order valence-corrected chi connectivity index (χ3v) is 9.76. The van der Waals surface area contributed by atoms with E-state index in [1.165, 1.54) is 10.8 Å². The molecule has 55 heavy (non-hydrogen) atoms. The molecule has 0 N–H and O–H groups in total. The molecule has 5 aromatic heterocycles. The molecule has 7 nitrogen and oxygen atoms in total. The molecule has 0 amide bonds. The number of aromatic nitrogens is 7. The van der Waals surface area contributed by atoms with Gasteiger partial charge in [0.2, 0.25) is 0 Å². The number of nitrogens with zero attached hydrogens (tertiary/aromatic N) is 7. The van der Waals surface area contributed by atoms with Crippen molar-refractivity contribution >= 4 is 21.8 Å². The van der Waals surface area contributed by atoms with Gasteiger partial charge in [0.15, 0.2) is 17.5 Å². The number of hydrogen-bond acceptors (Lipinski definition) is 6. The second-order valence-corrected chi connectivity index (χ2v) is 13.2. The van der Waals surface area contributed by atoms with E-state index in [-0.39, 0.29) is 0 Å². The standard InChI is InChI=1S/C48H31N7/c1-4-14-32(15-5-1)36-28-42(51-43(29-36)41-27-25-37(31-50-41)55-44-22-12-10-20-38(44)39-21-11-13-23-45(39)55)40-26-24-35(30-49-40)48-53-46(33-16-6-2-7-17-33)52-47(54-48)34-18-8-3-9-19-34/h1-31H. The Hall–Kier alpha value is -7.64. The van der Waals surface area contributed by atoms with Gasteiger partial charge in [-0.15, -0.1) is 0 Å². The minimum atomic E-state index is 0.547. The molecule has 0 bridgehead atoms. The van der Waals surface area contributed by atoms with Crippen LogP contribution in [0, 0.1) is 0 Å². The summed E-state index contributed by atoms with van der Waals surface area (Å²) >= 11 is 0. The SMILES string of the molecule is c1ccc(-c2cc(-c3ccc(-c4nc(-c5ccccc5)nc(-c5ccccc5)n4)cn3)nc(-c3ccc(-n4c5ccccc5c5ccccc54)cn3)c2)cc1. The van der Waals surface area contributed by atoms with E-state index in [1.54, 1.807) is 0 Å². The summed E-state index contributed by atoms with van der Waals surface area (Å²) in [6.45, 7) is 0. The van der Waals surface area contributed by atoms with E-state index in [0.29, 0.717) is 17.5 Å². The van der Waals surface area contributed by atoms with E-state index in [9.17, 15) is 0 Å². The molecule has 0 aliphatic heterocycles. The van der Waals surface area contributed by atoms with Gasteiger partial charge in [-0.3, -0.25) is 9.97 Å². The van der Waals surface area contributed by atoms with Crippen LogP contribution in [0.15, 0.2) is 188 Å². The summed E-state index contributed by atoms with van der Waals surface area (Å²) in [7, 11) is 0. The highest BCUT2D eigenvalue weighted by atomic mass is 15.0. The number of fused-ring (bicyclic) bond motifs is 3. The molecule has 10 aromatic rings. The Morgan fingerprint density at radius 1 is 0.309 bits per heavy atom. The molecule has 10 rings (SSSR count). The molecule has 0 saturated carbocycles. The van der Waals surface area contributed by atoms with Crippen LogP contribution in [-0.2, 0) is 0 Å². The fourth-order valence-corrected chi connectivity index (χ4v) is 7.08. The Kier molecular flexibility index (Phi) is 8.00. The Bertz CT molecular complexity index is 2830. The predicted octanol–water partition coefficient (Wildman–Crippen LogP) is 11.2. The van der Waals surface area contributed by atoms with Crippen molar-refractivity contribution in [3.63, 3.8) is 0 Å². The zero-order chi connectivity index (χ0) is 36.6. The van der Waals surface area contributed by atoms with E-state index in [0.717, 1.165) is 67.3 Å². The van der Waals surface area contributed by atoms with Gasteiger partial charge in [-0.1, -0.05) is 127 Å². The van der Waals surface area contributed by atoms with E-state index in [1.807, 2.05) is 109 Å². The van der Waals surface area contributed by atoms with Crippen molar-refractivity contribution in [1.29, 1.82) is 0 Å². The van der Waals surface area contributed by atoms with Crippen molar-refractivity contribution in [3.05, 3.63) is 188 Å². The third kappa shape index (κ3) is 6.09. The quantitative estimate of drug-likeness (QED) is 0.164. The lowest BCUT2D eigenvalue weighted by Gasteiger charge is -2.11. The second kappa shape index (κ2) is 13.7. The van der Waals surface area contributed by atoms with Crippen molar-refractivity contribution in [2.24, 2.45) is 0 Å². The Balaban J connectivity index is 1.04. The zero-order valence-corrected chi connectivity index (χ0v) is 29.5. The molecule has 7 heteroatoms. The van der Waals surface area contributed by atoms with Gasteiger partial charge in [-0.25, -0.2) is 19.9 Å². The van der Waals surface area contributed by atoms with Crippen LogP contribution in [-0.4, -0.2) is 34.5 Å². The largest absolute Gasteiger partial charge is 0.308 e. The molecule has 0 unspecified atom stereocenters. The van der Waals surface area contributed by atoms with Gasteiger partial charge in [-0.05, 0) is 59.7 Å². The third-order valence-electron chi connectivity index (χ3n) is 9.76. The van der Waals surface area contributed by atoms with Crippen molar-refractivity contribution in [2.45, 2.75) is 0 Å². The van der Waals surface area contributed by atoms with Crippen molar-refractivity contribution in [2.75, 3.05) is 0 Å². The summed E-state index contributed by atoms with van der Waals surface area (Å²) in [5.74, 6) is 1.75. The molecule has 0 saturated heterocycles. The van der Waals surface area contributed by atoms with Crippen LogP contribution >= 0.6 is 0 Å². The van der Waals surface area contributed by atoms with Gasteiger partial charge < -0.3 is 4.57 Å². The molecular weight excluding hydrogens is 675 g/mol. The highest BCUT2D eigenvalue weighted by Gasteiger charge is 2.16. The average Bonchev–Trinajstić information content (AvgIpc) is 3.61. The van der Waals surface area contributed by atoms with Crippen LogP contribution in [0.1, 0.15) is 0 Å². The van der Waals surface area contributed by atoms with Gasteiger partial charge >= 0.3 is 0 Å². The van der Waals surface area contributed by atoms with Crippen LogP contribution in [0.25, 0.3) is 95.6 Å². The zero-order valence-electron chi connectivity index (χ0n) is 29.5. The normalized spacial score (nSPS) is 11.3. The van der Waals surface area contributed by atoms with E-state index in [2.05, 4.69) is 83.4 Å². The van der Waals surface area contributed by atoms with Gasteiger partial charge in [0.1, 0.15) is 0 Å².